The molecule has 1 aromatic heterocycles. The van der Waals surface area contributed by atoms with Crippen LogP contribution in [-0.2, 0) is 5.41 Å². The van der Waals surface area contributed by atoms with Crippen LogP contribution in [-0.4, -0.2) is 16.0 Å². The van der Waals surface area contributed by atoms with Gasteiger partial charge in [-0.15, -0.1) is 6.42 Å². The van der Waals surface area contributed by atoms with Crippen molar-refractivity contribution in [3.05, 3.63) is 16.5 Å². The maximum absolute atomic E-state index is 6.19. The first kappa shape index (κ1) is 15.8. The molecule has 0 aliphatic heterocycles. The average Bonchev–Trinajstić information content (AvgIpc) is 2.32. The number of terminal acetylenes is 1. The summed E-state index contributed by atoms with van der Waals surface area (Å²) in [6.45, 7) is 10.2. The van der Waals surface area contributed by atoms with Crippen molar-refractivity contribution in [2.24, 2.45) is 0 Å². The smallest absolute Gasteiger partial charge is 0.137 e. The van der Waals surface area contributed by atoms with Gasteiger partial charge in [0.1, 0.15) is 16.8 Å². The van der Waals surface area contributed by atoms with Crippen LogP contribution < -0.4 is 5.32 Å². The van der Waals surface area contributed by atoms with Gasteiger partial charge in [-0.05, 0) is 13.3 Å². The molecule has 1 unspecified atom stereocenters. The van der Waals surface area contributed by atoms with Gasteiger partial charge in [-0.25, -0.2) is 9.97 Å². The van der Waals surface area contributed by atoms with E-state index in [1.165, 1.54) is 0 Å². The Hall–Kier alpha value is -1.27. The van der Waals surface area contributed by atoms with Gasteiger partial charge in [-0.2, -0.15) is 0 Å². The lowest BCUT2D eigenvalue weighted by atomic mass is 9.95. The van der Waals surface area contributed by atoms with E-state index in [4.69, 9.17) is 18.0 Å². The highest BCUT2D eigenvalue weighted by atomic mass is 35.5. The highest BCUT2D eigenvalue weighted by Gasteiger charge is 2.21. The molecular weight excluding hydrogens is 258 g/mol. The molecule has 0 aliphatic carbocycles. The predicted octanol–water partition coefficient (Wildman–Crippen LogP) is 3.95. The van der Waals surface area contributed by atoms with Gasteiger partial charge in [-0.1, -0.05) is 51.6 Å². The van der Waals surface area contributed by atoms with E-state index in [9.17, 15) is 0 Å². The molecule has 0 aromatic carbocycles. The molecule has 1 heterocycles. The van der Waals surface area contributed by atoms with Gasteiger partial charge in [0.05, 0.1) is 6.04 Å². The van der Waals surface area contributed by atoms with Crippen molar-refractivity contribution in [1.82, 2.24) is 9.97 Å². The third-order valence-electron chi connectivity index (χ3n) is 2.85. The molecule has 0 radical (unpaired) electrons. The second-order valence-electron chi connectivity index (χ2n) is 5.71. The van der Waals surface area contributed by atoms with E-state index < -0.39 is 0 Å². The van der Waals surface area contributed by atoms with Crippen LogP contribution >= 0.6 is 11.6 Å². The zero-order valence-corrected chi connectivity index (χ0v) is 13.1. The van der Waals surface area contributed by atoms with Crippen molar-refractivity contribution in [2.75, 3.05) is 5.32 Å². The molecule has 0 bridgehead atoms. The summed E-state index contributed by atoms with van der Waals surface area (Å²) in [5.41, 5.74) is 0.690. The Balaban J connectivity index is 3.13. The molecule has 0 amide bonds. The molecule has 4 heteroatoms. The largest absolute Gasteiger partial charge is 0.356 e. The van der Waals surface area contributed by atoms with E-state index in [-0.39, 0.29) is 11.5 Å². The predicted molar refractivity (Wildman–Crippen MR) is 81.6 cm³/mol. The van der Waals surface area contributed by atoms with Gasteiger partial charge in [0.2, 0.25) is 0 Å². The molecule has 0 spiro atoms. The van der Waals surface area contributed by atoms with E-state index >= 15 is 0 Å². The number of nitrogens with zero attached hydrogens (tertiary/aromatic N) is 2. The van der Waals surface area contributed by atoms with Gasteiger partial charge in [0.15, 0.2) is 0 Å². The normalized spacial score (nSPS) is 12.9. The molecule has 3 nitrogen and oxygen atoms in total. The topological polar surface area (TPSA) is 37.8 Å². The molecule has 1 N–H and O–H groups in total. The Bertz CT molecular complexity index is 483. The van der Waals surface area contributed by atoms with Crippen LogP contribution in [0.25, 0.3) is 0 Å². The minimum atomic E-state index is -0.149. The van der Waals surface area contributed by atoms with Gasteiger partial charge in [-0.3, -0.25) is 0 Å². The summed E-state index contributed by atoms with van der Waals surface area (Å²) >= 11 is 6.19. The number of hydrogen-bond donors (Lipinski definition) is 1. The van der Waals surface area contributed by atoms with Crippen molar-refractivity contribution in [1.29, 1.82) is 0 Å². The first-order chi connectivity index (χ1) is 8.79. The number of halogens is 1. The van der Waals surface area contributed by atoms with Crippen molar-refractivity contribution < 1.29 is 0 Å². The Morgan fingerprint density at radius 2 is 2.00 bits per heavy atom. The standard InChI is InChI=1S/C15H22ClN3/c1-7-9-11(8-2)17-13-10(3)12(16)18-14(19-13)15(4,5)6/h2,11H,7,9H2,1,3-6H3,(H,17,18,19). The molecule has 104 valence electrons. The number of rotatable bonds is 4. The number of nitrogens with one attached hydrogen (secondary N) is 1. The third kappa shape index (κ3) is 4.11. The number of hydrogen-bond acceptors (Lipinski definition) is 3. The quantitative estimate of drug-likeness (QED) is 0.670. The van der Waals surface area contributed by atoms with Gasteiger partial charge in [0, 0.05) is 11.0 Å². The van der Waals surface area contributed by atoms with E-state index in [0.717, 1.165) is 30.0 Å². The fraction of sp³-hybridized carbons (Fsp3) is 0.600. The first-order valence-electron chi connectivity index (χ1n) is 6.56. The van der Waals surface area contributed by atoms with E-state index in [1.54, 1.807) is 0 Å². The monoisotopic (exact) mass is 279 g/mol. The average molecular weight is 280 g/mol. The molecule has 0 fully saturated rings. The van der Waals surface area contributed by atoms with Crippen molar-refractivity contribution >= 4 is 17.4 Å². The second kappa shape index (κ2) is 6.25. The summed E-state index contributed by atoms with van der Waals surface area (Å²) in [6, 6.07) is -0.0255. The highest BCUT2D eigenvalue weighted by Crippen LogP contribution is 2.26. The maximum atomic E-state index is 6.19. The Labute approximate surface area is 121 Å². The summed E-state index contributed by atoms with van der Waals surface area (Å²) in [6.07, 6.45) is 7.45. The van der Waals surface area contributed by atoms with Crippen LogP contribution in [0.1, 0.15) is 51.9 Å². The van der Waals surface area contributed by atoms with Crippen LogP contribution in [0.5, 0.6) is 0 Å². The summed E-state index contributed by atoms with van der Waals surface area (Å²) in [4.78, 5) is 8.92. The molecule has 0 aliphatic rings. The summed E-state index contributed by atoms with van der Waals surface area (Å²) in [5.74, 6) is 4.20. The SMILES string of the molecule is C#CC(CCC)Nc1nc(C(C)(C)C)nc(Cl)c1C. The number of aromatic nitrogens is 2. The van der Waals surface area contributed by atoms with Crippen molar-refractivity contribution in [3.63, 3.8) is 0 Å². The van der Waals surface area contributed by atoms with Gasteiger partial charge >= 0.3 is 0 Å². The lowest BCUT2D eigenvalue weighted by molar-refractivity contribution is 0.545. The maximum Gasteiger partial charge on any atom is 0.137 e. The third-order valence-corrected chi connectivity index (χ3v) is 3.21. The minimum Gasteiger partial charge on any atom is -0.356 e. The first-order valence-corrected chi connectivity index (χ1v) is 6.94. The lowest BCUT2D eigenvalue weighted by Crippen LogP contribution is -2.22. The second-order valence-corrected chi connectivity index (χ2v) is 6.07. The summed E-state index contributed by atoms with van der Waals surface area (Å²) < 4.78 is 0. The summed E-state index contributed by atoms with van der Waals surface area (Å²) in [5, 5.41) is 3.76. The Morgan fingerprint density at radius 1 is 1.37 bits per heavy atom. The van der Waals surface area contributed by atoms with Crippen LogP contribution in [0.2, 0.25) is 5.15 Å². The zero-order valence-electron chi connectivity index (χ0n) is 12.3. The molecule has 0 saturated carbocycles. The van der Waals surface area contributed by atoms with Gasteiger partial charge in [0.25, 0.3) is 0 Å². The Morgan fingerprint density at radius 3 is 2.47 bits per heavy atom. The van der Waals surface area contributed by atoms with E-state index in [0.29, 0.717) is 5.15 Å². The molecule has 19 heavy (non-hydrogen) atoms. The van der Waals surface area contributed by atoms with Crippen molar-refractivity contribution in [2.45, 2.75) is 58.9 Å². The van der Waals surface area contributed by atoms with Crippen LogP contribution in [0.15, 0.2) is 0 Å². The zero-order chi connectivity index (χ0) is 14.6. The molecule has 1 rings (SSSR count). The van der Waals surface area contributed by atoms with Crippen LogP contribution in [0, 0.1) is 19.3 Å². The molecule has 1 atom stereocenters. The Kier molecular flexibility index (Phi) is 5.20. The van der Waals surface area contributed by atoms with Crippen molar-refractivity contribution in [3.8, 4) is 12.3 Å². The molecule has 1 aromatic rings. The van der Waals surface area contributed by atoms with Gasteiger partial charge < -0.3 is 5.32 Å². The van der Waals surface area contributed by atoms with Crippen LogP contribution in [0.3, 0.4) is 0 Å². The fourth-order valence-corrected chi connectivity index (χ4v) is 1.79. The van der Waals surface area contributed by atoms with E-state index in [2.05, 4.69) is 48.9 Å². The molecular formula is C15H22ClN3. The van der Waals surface area contributed by atoms with Crippen LogP contribution in [0.4, 0.5) is 5.82 Å². The van der Waals surface area contributed by atoms with E-state index in [1.807, 2.05) is 6.92 Å². The minimum absolute atomic E-state index is 0.0255. The number of anilines is 1. The lowest BCUT2D eigenvalue weighted by Gasteiger charge is -2.21. The fourth-order valence-electron chi connectivity index (χ4n) is 1.62. The highest BCUT2D eigenvalue weighted by molar-refractivity contribution is 6.30. The molecule has 0 saturated heterocycles. The summed E-state index contributed by atoms with van der Waals surface area (Å²) in [7, 11) is 0.